The standard InChI is InChI=1S/C20H23N9/c1-28-12-14(10-23-28)13-2-8-17(9-3-13)29-19-18(26-27-29)11-22-20(25-19)24-16-6-4-15(21)5-7-16/h2-3,8-12,15-16H,4-7,21H2,1H3,(H,22,24,25). The van der Waals surface area contributed by atoms with E-state index in [0.29, 0.717) is 29.2 Å². The Bertz CT molecular complexity index is 1120. The van der Waals surface area contributed by atoms with Gasteiger partial charge in [0.05, 0.1) is 18.1 Å². The van der Waals surface area contributed by atoms with Crippen LogP contribution in [0.15, 0.2) is 42.9 Å². The summed E-state index contributed by atoms with van der Waals surface area (Å²) in [6.07, 6.45) is 9.69. The lowest BCUT2D eigenvalue weighted by Gasteiger charge is -2.26. The molecule has 148 valence electrons. The molecule has 3 aromatic heterocycles. The maximum absolute atomic E-state index is 6.00. The largest absolute Gasteiger partial charge is 0.351 e. The minimum atomic E-state index is 0.316. The van der Waals surface area contributed by atoms with E-state index in [0.717, 1.165) is 42.5 Å². The molecular formula is C20H23N9. The molecule has 0 spiro atoms. The molecule has 5 rings (SSSR count). The third kappa shape index (κ3) is 3.56. The lowest BCUT2D eigenvalue weighted by Crippen LogP contribution is -2.33. The Morgan fingerprint density at radius 2 is 1.83 bits per heavy atom. The van der Waals surface area contributed by atoms with Crippen molar-refractivity contribution in [1.82, 2.24) is 34.7 Å². The first kappa shape index (κ1) is 17.7. The van der Waals surface area contributed by atoms with E-state index >= 15 is 0 Å². The van der Waals surface area contributed by atoms with Gasteiger partial charge in [0.15, 0.2) is 11.2 Å². The molecule has 0 unspecified atom stereocenters. The summed E-state index contributed by atoms with van der Waals surface area (Å²) in [5.74, 6) is 0.605. The summed E-state index contributed by atoms with van der Waals surface area (Å²) in [5.41, 5.74) is 10.4. The summed E-state index contributed by atoms with van der Waals surface area (Å²) < 4.78 is 3.53. The molecule has 9 heteroatoms. The second-order valence-corrected chi connectivity index (χ2v) is 7.61. The monoisotopic (exact) mass is 389 g/mol. The minimum absolute atomic E-state index is 0.316. The van der Waals surface area contributed by atoms with E-state index in [1.54, 1.807) is 15.6 Å². The minimum Gasteiger partial charge on any atom is -0.351 e. The smallest absolute Gasteiger partial charge is 0.225 e. The first-order valence-corrected chi connectivity index (χ1v) is 9.86. The first-order valence-electron chi connectivity index (χ1n) is 9.86. The fourth-order valence-electron chi connectivity index (χ4n) is 3.78. The summed E-state index contributed by atoms with van der Waals surface area (Å²) >= 11 is 0. The van der Waals surface area contributed by atoms with Gasteiger partial charge in [0.2, 0.25) is 5.95 Å². The van der Waals surface area contributed by atoms with E-state index in [4.69, 9.17) is 5.73 Å². The second-order valence-electron chi connectivity index (χ2n) is 7.61. The fraction of sp³-hybridized carbons (Fsp3) is 0.350. The van der Waals surface area contributed by atoms with Crippen LogP contribution in [0.5, 0.6) is 0 Å². The van der Waals surface area contributed by atoms with Gasteiger partial charge >= 0.3 is 0 Å². The summed E-state index contributed by atoms with van der Waals surface area (Å²) in [5, 5.41) is 16.1. The summed E-state index contributed by atoms with van der Waals surface area (Å²) in [7, 11) is 1.91. The van der Waals surface area contributed by atoms with Crippen LogP contribution in [0.2, 0.25) is 0 Å². The highest BCUT2D eigenvalue weighted by molar-refractivity contribution is 5.72. The number of anilines is 1. The molecule has 1 saturated carbocycles. The van der Waals surface area contributed by atoms with Crippen LogP contribution in [0, 0.1) is 0 Å². The number of rotatable bonds is 4. The van der Waals surface area contributed by atoms with E-state index < -0.39 is 0 Å². The molecule has 1 aromatic carbocycles. The predicted octanol–water partition coefficient (Wildman–Crippen LogP) is 2.29. The Kier molecular flexibility index (Phi) is 4.44. The predicted molar refractivity (Wildman–Crippen MR) is 111 cm³/mol. The summed E-state index contributed by atoms with van der Waals surface area (Å²) in [6.45, 7) is 0. The van der Waals surface area contributed by atoms with Gasteiger partial charge in [0, 0.05) is 30.9 Å². The molecule has 3 heterocycles. The second kappa shape index (κ2) is 7.25. The Morgan fingerprint density at radius 1 is 1.03 bits per heavy atom. The van der Waals surface area contributed by atoms with Gasteiger partial charge in [-0.2, -0.15) is 14.8 Å². The Hall–Kier alpha value is -3.33. The van der Waals surface area contributed by atoms with E-state index in [2.05, 4.69) is 30.7 Å². The van der Waals surface area contributed by atoms with Crippen molar-refractivity contribution in [2.24, 2.45) is 12.8 Å². The third-order valence-electron chi connectivity index (χ3n) is 5.45. The topological polar surface area (TPSA) is 112 Å². The third-order valence-corrected chi connectivity index (χ3v) is 5.45. The zero-order valence-corrected chi connectivity index (χ0v) is 16.2. The van der Waals surface area contributed by atoms with Gasteiger partial charge < -0.3 is 11.1 Å². The average Bonchev–Trinajstić information content (AvgIpc) is 3.36. The summed E-state index contributed by atoms with van der Waals surface area (Å²) in [4.78, 5) is 9.08. The Balaban J connectivity index is 1.41. The zero-order valence-electron chi connectivity index (χ0n) is 16.2. The van der Waals surface area contributed by atoms with Crippen LogP contribution in [0.4, 0.5) is 5.95 Å². The van der Waals surface area contributed by atoms with Crippen LogP contribution in [-0.2, 0) is 7.05 Å². The van der Waals surface area contributed by atoms with Crippen molar-refractivity contribution in [2.45, 2.75) is 37.8 Å². The molecule has 3 N–H and O–H groups in total. The SMILES string of the molecule is Cn1cc(-c2ccc(-n3nnc4cnc(NC5CCC(N)CC5)nc43)cc2)cn1. The van der Waals surface area contributed by atoms with Crippen molar-refractivity contribution in [2.75, 3.05) is 5.32 Å². The van der Waals surface area contributed by atoms with Crippen LogP contribution in [0.1, 0.15) is 25.7 Å². The average molecular weight is 389 g/mol. The van der Waals surface area contributed by atoms with E-state index in [1.807, 2.05) is 43.7 Å². The molecule has 29 heavy (non-hydrogen) atoms. The Labute approximate surface area is 168 Å². The quantitative estimate of drug-likeness (QED) is 0.551. The zero-order chi connectivity index (χ0) is 19.8. The number of fused-ring (bicyclic) bond motifs is 1. The first-order chi connectivity index (χ1) is 14.2. The molecule has 1 fully saturated rings. The van der Waals surface area contributed by atoms with Crippen LogP contribution < -0.4 is 11.1 Å². The number of hydrogen-bond donors (Lipinski definition) is 2. The van der Waals surface area contributed by atoms with Crippen LogP contribution >= 0.6 is 0 Å². The number of hydrogen-bond acceptors (Lipinski definition) is 7. The van der Waals surface area contributed by atoms with E-state index in [9.17, 15) is 0 Å². The molecular weight excluding hydrogens is 366 g/mol. The van der Waals surface area contributed by atoms with Gasteiger partial charge in [0.1, 0.15) is 0 Å². The molecule has 1 aliphatic carbocycles. The Morgan fingerprint density at radius 3 is 2.55 bits per heavy atom. The van der Waals surface area contributed by atoms with Crippen LogP contribution in [0.3, 0.4) is 0 Å². The van der Waals surface area contributed by atoms with Crippen molar-refractivity contribution in [3.63, 3.8) is 0 Å². The highest BCUT2D eigenvalue weighted by Crippen LogP contribution is 2.23. The molecule has 9 nitrogen and oxygen atoms in total. The van der Waals surface area contributed by atoms with Crippen molar-refractivity contribution in [3.8, 4) is 16.8 Å². The molecule has 0 bridgehead atoms. The molecule has 0 saturated heterocycles. The van der Waals surface area contributed by atoms with Gasteiger partial charge in [-0.3, -0.25) is 4.68 Å². The lowest BCUT2D eigenvalue weighted by molar-refractivity contribution is 0.410. The van der Waals surface area contributed by atoms with Gasteiger partial charge in [-0.05, 0) is 43.4 Å². The molecule has 0 atom stereocenters. The number of nitrogens with zero attached hydrogens (tertiary/aromatic N) is 7. The van der Waals surface area contributed by atoms with Crippen molar-refractivity contribution < 1.29 is 0 Å². The highest BCUT2D eigenvalue weighted by atomic mass is 15.4. The number of aryl methyl sites for hydroxylation is 1. The normalized spacial score (nSPS) is 19.5. The molecule has 1 aliphatic rings. The van der Waals surface area contributed by atoms with E-state index in [-0.39, 0.29) is 0 Å². The fourth-order valence-corrected chi connectivity index (χ4v) is 3.78. The molecule has 4 aromatic rings. The maximum atomic E-state index is 6.00. The number of benzene rings is 1. The van der Waals surface area contributed by atoms with Crippen molar-refractivity contribution in [1.29, 1.82) is 0 Å². The molecule has 0 radical (unpaired) electrons. The van der Waals surface area contributed by atoms with Gasteiger partial charge in [-0.25, -0.2) is 4.98 Å². The number of nitrogens with two attached hydrogens (primary N) is 1. The number of aromatic nitrogens is 7. The van der Waals surface area contributed by atoms with Crippen molar-refractivity contribution >= 4 is 17.1 Å². The lowest BCUT2D eigenvalue weighted by atomic mass is 9.92. The van der Waals surface area contributed by atoms with Crippen LogP contribution in [-0.4, -0.2) is 46.8 Å². The molecule has 0 amide bonds. The maximum Gasteiger partial charge on any atom is 0.225 e. The van der Waals surface area contributed by atoms with Crippen molar-refractivity contribution in [3.05, 3.63) is 42.9 Å². The number of nitrogens with one attached hydrogen (secondary N) is 1. The summed E-state index contributed by atoms with van der Waals surface area (Å²) in [6, 6.07) is 8.78. The van der Waals surface area contributed by atoms with Crippen LogP contribution in [0.25, 0.3) is 28.0 Å². The highest BCUT2D eigenvalue weighted by Gasteiger charge is 2.19. The van der Waals surface area contributed by atoms with Gasteiger partial charge in [-0.1, -0.05) is 17.3 Å². The van der Waals surface area contributed by atoms with Gasteiger partial charge in [-0.15, -0.1) is 5.10 Å². The van der Waals surface area contributed by atoms with E-state index in [1.165, 1.54) is 0 Å². The van der Waals surface area contributed by atoms with Gasteiger partial charge in [0.25, 0.3) is 0 Å². The molecule has 0 aliphatic heterocycles.